The van der Waals surface area contributed by atoms with Gasteiger partial charge in [-0.15, -0.1) is 10.2 Å². The zero-order chi connectivity index (χ0) is 12.2. The van der Waals surface area contributed by atoms with Crippen molar-refractivity contribution in [1.82, 2.24) is 25.1 Å². The monoisotopic (exact) mass is 243 g/mol. The van der Waals surface area contributed by atoms with Gasteiger partial charge in [0.05, 0.1) is 12.6 Å². The third kappa shape index (κ3) is 2.41. The molecule has 2 aromatic heterocycles. The van der Waals surface area contributed by atoms with E-state index in [1.54, 1.807) is 12.5 Å². The topological polar surface area (TPSA) is 55.6 Å². The van der Waals surface area contributed by atoms with Crippen LogP contribution in [0.25, 0.3) is 0 Å². The number of rotatable bonds is 3. The molecular weight excluding hydrogens is 226 g/mol. The van der Waals surface area contributed by atoms with E-state index >= 15 is 0 Å². The highest BCUT2D eigenvalue weighted by molar-refractivity contribution is 5.10. The first-order valence-corrected chi connectivity index (χ1v) is 6.43. The van der Waals surface area contributed by atoms with Crippen LogP contribution >= 0.6 is 0 Å². The van der Waals surface area contributed by atoms with E-state index in [0.29, 0.717) is 6.04 Å². The van der Waals surface area contributed by atoms with Gasteiger partial charge < -0.3 is 9.88 Å². The van der Waals surface area contributed by atoms with Gasteiger partial charge in [-0.3, -0.25) is 4.98 Å². The Morgan fingerprint density at radius 3 is 3.17 bits per heavy atom. The molecule has 3 heterocycles. The first-order valence-electron chi connectivity index (χ1n) is 6.43. The van der Waals surface area contributed by atoms with Gasteiger partial charge in [0.25, 0.3) is 0 Å². The summed E-state index contributed by atoms with van der Waals surface area (Å²) in [6.07, 6.45) is 9.15. The van der Waals surface area contributed by atoms with Crippen LogP contribution in [0, 0.1) is 0 Å². The van der Waals surface area contributed by atoms with Crippen molar-refractivity contribution < 1.29 is 0 Å². The number of hydrogen-bond donors (Lipinski definition) is 1. The minimum atomic E-state index is 0.345. The fraction of sp³-hybridized carbons (Fsp3) is 0.462. The van der Waals surface area contributed by atoms with Crippen LogP contribution in [0.2, 0.25) is 0 Å². The largest absolute Gasteiger partial charge is 0.312 e. The molecule has 5 nitrogen and oxygen atoms in total. The number of nitrogens with one attached hydrogen (secondary N) is 1. The summed E-state index contributed by atoms with van der Waals surface area (Å²) in [7, 11) is 0. The number of hydrogen-bond acceptors (Lipinski definition) is 4. The van der Waals surface area contributed by atoms with E-state index in [1.807, 2.05) is 12.3 Å². The van der Waals surface area contributed by atoms with Crippen LogP contribution in [0.15, 0.2) is 30.9 Å². The SMILES string of the molecule is c1cncc(Cn2cnnc2C2CCCCN2)c1. The Balaban J connectivity index is 1.78. The van der Waals surface area contributed by atoms with E-state index in [4.69, 9.17) is 0 Å². The molecule has 1 N–H and O–H groups in total. The smallest absolute Gasteiger partial charge is 0.150 e. The van der Waals surface area contributed by atoms with E-state index in [0.717, 1.165) is 25.3 Å². The highest BCUT2D eigenvalue weighted by atomic mass is 15.3. The molecule has 0 aliphatic carbocycles. The summed E-state index contributed by atoms with van der Waals surface area (Å²) < 4.78 is 2.11. The van der Waals surface area contributed by atoms with Gasteiger partial charge in [0, 0.05) is 12.4 Å². The Morgan fingerprint density at radius 1 is 1.39 bits per heavy atom. The van der Waals surface area contributed by atoms with Crippen LogP contribution in [-0.2, 0) is 6.54 Å². The molecule has 1 atom stereocenters. The lowest BCUT2D eigenvalue weighted by molar-refractivity contribution is 0.387. The first-order chi connectivity index (χ1) is 8.93. The summed E-state index contributed by atoms with van der Waals surface area (Å²) in [6, 6.07) is 4.38. The Kier molecular flexibility index (Phi) is 3.32. The zero-order valence-corrected chi connectivity index (χ0v) is 10.3. The van der Waals surface area contributed by atoms with Crippen molar-refractivity contribution in [2.24, 2.45) is 0 Å². The lowest BCUT2D eigenvalue weighted by atomic mass is 10.0. The van der Waals surface area contributed by atoms with Crippen LogP contribution in [-0.4, -0.2) is 26.3 Å². The molecule has 0 radical (unpaired) electrons. The predicted octanol–water partition coefficient (Wildman–Crippen LogP) is 1.54. The summed E-state index contributed by atoms with van der Waals surface area (Å²) in [5, 5.41) is 11.8. The number of pyridine rings is 1. The van der Waals surface area contributed by atoms with Crippen molar-refractivity contribution >= 4 is 0 Å². The van der Waals surface area contributed by atoms with Crippen LogP contribution in [0.3, 0.4) is 0 Å². The third-order valence-corrected chi connectivity index (χ3v) is 3.34. The average molecular weight is 243 g/mol. The summed E-state index contributed by atoms with van der Waals surface area (Å²) in [4.78, 5) is 4.14. The van der Waals surface area contributed by atoms with Crippen LogP contribution in [0.5, 0.6) is 0 Å². The number of piperidine rings is 1. The number of aromatic nitrogens is 4. The maximum absolute atomic E-state index is 4.27. The second kappa shape index (κ2) is 5.27. The average Bonchev–Trinajstić information content (AvgIpc) is 2.89. The molecule has 0 amide bonds. The van der Waals surface area contributed by atoms with Gasteiger partial charge in [-0.1, -0.05) is 12.5 Å². The fourth-order valence-corrected chi connectivity index (χ4v) is 2.42. The van der Waals surface area contributed by atoms with Crippen LogP contribution in [0.1, 0.15) is 36.7 Å². The Labute approximate surface area is 106 Å². The Bertz CT molecular complexity index is 487. The lowest BCUT2D eigenvalue weighted by Gasteiger charge is -2.23. The van der Waals surface area contributed by atoms with E-state index in [2.05, 4.69) is 31.1 Å². The molecular formula is C13H17N5. The minimum Gasteiger partial charge on any atom is -0.312 e. The van der Waals surface area contributed by atoms with Crippen molar-refractivity contribution in [1.29, 1.82) is 0 Å². The van der Waals surface area contributed by atoms with Gasteiger partial charge >= 0.3 is 0 Å². The summed E-state index contributed by atoms with van der Waals surface area (Å²) in [6.45, 7) is 1.86. The first kappa shape index (κ1) is 11.3. The molecule has 1 aliphatic rings. The van der Waals surface area contributed by atoms with E-state index in [-0.39, 0.29) is 0 Å². The standard InChI is InChI=1S/C13H17N5/c1-2-7-15-12(5-1)13-17-16-10-18(13)9-11-4-3-6-14-8-11/h3-4,6,8,10,12,15H,1-2,5,7,9H2. The van der Waals surface area contributed by atoms with Gasteiger partial charge in [0.1, 0.15) is 12.2 Å². The molecule has 0 spiro atoms. The van der Waals surface area contributed by atoms with E-state index in [9.17, 15) is 0 Å². The molecule has 2 aromatic rings. The van der Waals surface area contributed by atoms with E-state index < -0.39 is 0 Å². The Hall–Kier alpha value is -1.75. The van der Waals surface area contributed by atoms with Crippen molar-refractivity contribution in [3.05, 3.63) is 42.2 Å². The molecule has 1 unspecified atom stereocenters. The highest BCUT2D eigenvalue weighted by Crippen LogP contribution is 2.21. The summed E-state index contributed by atoms with van der Waals surface area (Å²) in [5.74, 6) is 1.04. The zero-order valence-electron chi connectivity index (χ0n) is 10.3. The lowest BCUT2D eigenvalue weighted by Crippen LogP contribution is -2.29. The van der Waals surface area contributed by atoms with Crippen molar-refractivity contribution in [3.63, 3.8) is 0 Å². The quantitative estimate of drug-likeness (QED) is 0.888. The van der Waals surface area contributed by atoms with Crippen molar-refractivity contribution in [3.8, 4) is 0 Å². The second-order valence-electron chi connectivity index (χ2n) is 4.68. The summed E-state index contributed by atoms with van der Waals surface area (Å²) in [5.41, 5.74) is 1.18. The maximum atomic E-state index is 4.27. The second-order valence-corrected chi connectivity index (χ2v) is 4.68. The molecule has 0 saturated carbocycles. The third-order valence-electron chi connectivity index (χ3n) is 3.34. The molecule has 3 rings (SSSR count). The normalized spacial score (nSPS) is 19.9. The molecule has 0 aromatic carbocycles. The summed E-state index contributed by atoms with van der Waals surface area (Å²) >= 11 is 0. The fourth-order valence-electron chi connectivity index (χ4n) is 2.42. The number of nitrogens with zero attached hydrogens (tertiary/aromatic N) is 4. The molecule has 18 heavy (non-hydrogen) atoms. The highest BCUT2D eigenvalue weighted by Gasteiger charge is 2.19. The molecule has 1 fully saturated rings. The van der Waals surface area contributed by atoms with Crippen LogP contribution < -0.4 is 5.32 Å². The van der Waals surface area contributed by atoms with Gasteiger partial charge in [0.2, 0.25) is 0 Å². The van der Waals surface area contributed by atoms with Gasteiger partial charge in [0.15, 0.2) is 0 Å². The van der Waals surface area contributed by atoms with Gasteiger partial charge in [-0.25, -0.2) is 0 Å². The van der Waals surface area contributed by atoms with Crippen molar-refractivity contribution in [2.45, 2.75) is 31.8 Å². The van der Waals surface area contributed by atoms with Crippen LogP contribution in [0.4, 0.5) is 0 Å². The van der Waals surface area contributed by atoms with Crippen molar-refractivity contribution in [2.75, 3.05) is 6.54 Å². The molecule has 94 valence electrons. The maximum Gasteiger partial charge on any atom is 0.150 e. The predicted molar refractivity (Wildman–Crippen MR) is 68.0 cm³/mol. The van der Waals surface area contributed by atoms with E-state index in [1.165, 1.54) is 18.4 Å². The van der Waals surface area contributed by atoms with Gasteiger partial charge in [-0.2, -0.15) is 0 Å². The minimum absolute atomic E-state index is 0.345. The Morgan fingerprint density at radius 2 is 2.39 bits per heavy atom. The molecule has 5 heteroatoms. The molecule has 1 saturated heterocycles. The van der Waals surface area contributed by atoms with Gasteiger partial charge in [-0.05, 0) is 31.0 Å². The molecule has 0 bridgehead atoms. The molecule has 1 aliphatic heterocycles.